The first kappa shape index (κ1) is 17.0. The highest BCUT2D eigenvalue weighted by atomic mass is 16.5. The van der Waals surface area contributed by atoms with Gasteiger partial charge in [-0.15, -0.1) is 0 Å². The lowest BCUT2D eigenvalue weighted by atomic mass is 9.86. The van der Waals surface area contributed by atoms with E-state index < -0.39 is 24.5 Å². The molecule has 6 nitrogen and oxygen atoms in total. The van der Waals surface area contributed by atoms with Crippen molar-refractivity contribution in [2.24, 2.45) is 5.92 Å². The number of ether oxygens (including phenoxy) is 1. The van der Waals surface area contributed by atoms with E-state index in [9.17, 15) is 14.4 Å². The molecule has 1 aliphatic carbocycles. The average Bonchev–Trinajstić information content (AvgIpc) is 2.55. The van der Waals surface area contributed by atoms with Gasteiger partial charge in [-0.3, -0.25) is 10.1 Å². The predicted molar refractivity (Wildman–Crippen MR) is 84.8 cm³/mol. The molecule has 0 unspecified atom stereocenters. The number of rotatable bonds is 4. The van der Waals surface area contributed by atoms with Crippen molar-refractivity contribution in [3.63, 3.8) is 0 Å². The minimum Gasteiger partial charge on any atom is -0.452 e. The molecular formula is C17H22N2O4. The summed E-state index contributed by atoms with van der Waals surface area (Å²) in [7, 11) is 0. The van der Waals surface area contributed by atoms with Crippen LogP contribution in [0, 0.1) is 5.92 Å². The van der Waals surface area contributed by atoms with E-state index in [4.69, 9.17) is 4.74 Å². The average molecular weight is 318 g/mol. The van der Waals surface area contributed by atoms with Gasteiger partial charge in [0.05, 0.1) is 5.56 Å². The molecule has 0 aliphatic heterocycles. The van der Waals surface area contributed by atoms with E-state index in [1.54, 1.807) is 30.3 Å². The summed E-state index contributed by atoms with van der Waals surface area (Å²) in [6.45, 7) is 1.61. The Morgan fingerprint density at radius 2 is 1.83 bits per heavy atom. The van der Waals surface area contributed by atoms with Gasteiger partial charge in [0.15, 0.2) is 6.61 Å². The highest BCUT2D eigenvalue weighted by Crippen LogP contribution is 2.23. The summed E-state index contributed by atoms with van der Waals surface area (Å²) < 4.78 is 4.87. The number of carbonyl (C=O) groups excluding carboxylic acids is 3. The Morgan fingerprint density at radius 3 is 2.52 bits per heavy atom. The molecule has 2 rings (SSSR count). The van der Waals surface area contributed by atoms with Crippen molar-refractivity contribution in [1.29, 1.82) is 0 Å². The minimum absolute atomic E-state index is 0.0865. The fourth-order valence-corrected chi connectivity index (χ4v) is 2.69. The summed E-state index contributed by atoms with van der Waals surface area (Å²) in [5.74, 6) is -0.835. The zero-order valence-corrected chi connectivity index (χ0v) is 13.2. The summed E-state index contributed by atoms with van der Waals surface area (Å²) >= 11 is 0. The zero-order chi connectivity index (χ0) is 16.7. The van der Waals surface area contributed by atoms with Gasteiger partial charge in [0.25, 0.3) is 5.91 Å². The summed E-state index contributed by atoms with van der Waals surface area (Å²) in [5.41, 5.74) is 0.362. The van der Waals surface area contributed by atoms with Gasteiger partial charge < -0.3 is 10.1 Å². The Kier molecular flexibility index (Phi) is 6.14. The summed E-state index contributed by atoms with van der Waals surface area (Å²) in [4.78, 5) is 35.2. The van der Waals surface area contributed by atoms with Crippen LogP contribution < -0.4 is 10.6 Å². The summed E-state index contributed by atoms with van der Waals surface area (Å²) in [5, 5.41) is 5.00. The topological polar surface area (TPSA) is 84.5 Å². The third-order valence-corrected chi connectivity index (χ3v) is 4.02. The molecule has 0 bridgehead atoms. The third-order valence-electron chi connectivity index (χ3n) is 4.02. The molecule has 0 radical (unpaired) electrons. The van der Waals surface area contributed by atoms with Gasteiger partial charge in [-0.2, -0.15) is 0 Å². The Morgan fingerprint density at radius 1 is 1.13 bits per heavy atom. The summed E-state index contributed by atoms with van der Waals surface area (Å²) in [6, 6.07) is 7.92. The van der Waals surface area contributed by atoms with E-state index in [1.807, 2.05) is 0 Å². The van der Waals surface area contributed by atoms with Crippen molar-refractivity contribution in [2.45, 2.75) is 38.6 Å². The molecule has 0 aromatic heterocycles. The molecule has 3 amide bonds. The lowest BCUT2D eigenvalue weighted by molar-refractivity contribution is -0.123. The molecule has 0 heterocycles. The smallest absolute Gasteiger partial charge is 0.338 e. The lowest BCUT2D eigenvalue weighted by Crippen LogP contribution is -2.48. The number of hydrogen-bond donors (Lipinski definition) is 2. The number of amides is 3. The predicted octanol–water partition coefficient (Wildman–Crippen LogP) is 2.25. The molecule has 1 aromatic rings. The second-order valence-electron chi connectivity index (χ2n) is 5.83. The fraction of sp³-hybridized carbons (Fsp3) is 0.471. The molecule has 1 fully saturated rings. The van der Waals surface area contributed by atoms with Crippen molar-refractivity contribution in [3.8, 4) is 0 Å². The van der Waals surface area contributed by atoms with Crippen LogP contribution in [0.4, 0.5) is 4.79 Å². The van der Waals surface area contributed by atoms with Crippen molar-refractivity contribution in [2.75, 3.05) is 6.61 Å². The van der Waals surface area contributed by atoms with Gasteiger partial charge in [0, 0.05) is 6.04 Å². The minimum atomic E-state index is -0.643. The Labute approximate surface area is 135 Å². The molecule has 0 spiro atoms. The van der Waals surface area contributed by atoms with Crippen molar-refractivity contribution >= 4 is 17.9 Å². The Hall–Kier alpha value is -2.37. The van der Waals surface area contributed by atoms with E-state index in [0.29, 0.717) is 11.5 Å². The number of carbonyl (C=O) groups is 3. The van der Waals surface area contributed by atoms with Gasteiger partial charge in [0.1, 0.15) is 0 Å². The van der Waals surface area contributed by atoms with Crippen LogP contribution in [0.25, 0.3) is 0 Å². The Balaban J connectivity index is 1.71. The van der Waals surface area contributed by atoms with E-state index in [1.165, 1.54) is 6.42 Å². The fourth-order valence-electron chi connectivity index (χ4n) is 2.69. The van der Waals surface area contributed by atoms with E-state index in [2.05, 4.69) is 17.6 Å². The van der Waals surface area contributed by atoms with Crippen LogP contribution >= 0.6 is 0 Å². The first-order valence-electron chi connectivity index (χ1n) is 7.89. The molecule has 1 saturated carbocycles. The molecule has 2 N–H and O–H groups in total. The number of nitrogens with one attached hydrogen (secondary N) is 2. The quantitative estimate of drug-likeness (QED) is 0.834. The van der Waals surface area contributed by atoms with Crippen LogP contribution in [-0.2, 0) is 9.53 Å². The maximum atomic E-state index is 11.8. The zero-order valence-electron chi connectivity index (χ0n) is 13.2. The number of esters is 1. The lowest BCUT2D eigenvalue weighted by Gasteiger charge is -2.29. The molecule has 1 aromatic carbocycles. The maximum absolute atomic E-state index is 11.8. The Bertz CT molecular complexity index is 559. The third kappa shape index (κ3) is 5.39. The highest BCUT2D eigenvalue weighted by molar-refractivity contribution is 5.97. The first-order valence-corrected chi connectivity index (χ1v) is 7.89. The van der Waals surface area contributed by atoms with Crippen LogP contribution in [0.1, 0.15) is 43.0 Å². The monoisotopic (exact) mass is 318 g/mol. The largest absolute Gasteiger partial charge is 0.452 e. The van der Waals surface area contributed by atoms with Gasteiger partial charge in [-0.05, 0) is 30.9 Å². The highest BCUT2D eigenvalue weighted by Gasteiger charge is 2.23. The van der Waals surface area contributed by atoms with Gasteiger partial charge in [-0.1, -0.05) is 38.0 Å². The van der Waals surface area contributed by atoms with Gasteiger partial charge in [0.2, 0.25) is 0 Å². The van der Waals surface area contributed by atoms with Crippen LogP contribution in [-0.4, -0.2) is 30.6 Å². The van der Waals surface area contributed by atoms with E-state index in [-0.39, 0.29) is 6.04 Å². The molecule has 1 aliphatic rings. The van der Waals surface area contributed by atoms with Crippen molar-refractivity contribution in [1.82, 2.24) is 10.6 Å². The SMILES string of the molecule is C[C@H]1CCCC[C@@H]1NC(=O)NC(=O)COC(=O)c1ccccc1. The number of urea groups is 1. The second-order valence-corrected chi connectivity index (χ2v) is 5.83. The van der Waals surface area contributed by atoms with E-state index in [0.717, 1.165) is 19.3 Å². The standard InChI is InChI=1S/C17H22N2O4/c1-12-7-5-6-10-14(12)18-17(22)19-15(20)11-23-16(21)13-8-3-2-4-9-13/h2-4,8-9,12,14H,5-7,10-11H2,1H3,(H2,18,19,20,22)/t12-,14-/m0/s1. The normalized spacial score (nSPS) is 20.4. The van der Waals surface area contributed by atoms with Crippen molar-refractivity contribution in [3.05, 3.63) is 35.9 Å². The molecule has 124 valence electrons. The second kappa shape index (κ2) is 8.31. The van der Waals surface area contributed by atoms with Crippen molar-refractivity contribution < 1.29 is 19.1 Å². The van der Waals surface area contributed by atoms with Crippen LogP contribution in [0.5, 0.6) is 0 Å². The number of hydrogen-bond acceptors (Lipinski definition) is 4. The summed E-state index contributed by atoms with van der Waals surface area (Å²) in [6.07, 6.45) is 4.26. The first-order chi connectivity index (χ1) is 11.1. The molecular weight excluding hydrogens is 296 g/mol. The van der Waals surface area contributed by atoms with E-state index >= 15 is 0 Å². The molecule has 23 heavy (non-hydrogen) atoms. The molecule has 6 heteroatoms. The number of benzene rings is 1. The molecule has 2 atom stereocenters. The van der Waals surface area contributed by atoms with Gasteiger partial charge in [-0.25, -0.2) is 9.59 Å². The molecule has 0 saturated heterocycles. The van der Waals surface area contributed by atoms with Crippen LogP contribution in [0.3, 0.4) is 0 Å². The van der Waals surface area contributed by atoms with Gasteiger partial charge >= 0.3 is 12.0 Å². The maximum Gasteiger partial charge on any atom is 0.338 e. The number of imide groups is 1. The van der Waals surface area contributed by atoms with Crippen LogP contribution in [0.15, 0.2) is 30.3 Å². The van der Waals surface area contributed by atoms with Crippen LogP contribution in [0.2, 0.25) is 0 Å².